The molecule has 0 atom stereocenters. The summed E-state index contributed by atoms with van der Waals surface area (Å²) in [6, 6.07) is 9.28. The Morgan fingerprint density at radius 1 is 1.14 bits per heavy atom. The third-order valence-electron chi connectivity index (χ3n) is 2.73. The molecule has 0 saturated carbocycles. The van der Waals surface area contributed by atoms with Gasteiger partial charge >= 0.3 is 0 Å². The molecule has 0 bridgehead atoms. The summed E-state index contributed by atoms with van der Waals surface area (Å²) in [6.07, 6.45) is 0. The lowest BCUT2D eigenvalue weighted by molar-refractivity contribution is -0.384. The minimum atomic E-state index is -4.32. The second kappa shape index (κ2) is 5.51. The van der Waals surface area contributed by atoms with Gasteiger partial charge in [-0.1, -0.05) is 6.07 Å². The van der Waals surface area contributed by atoms with Crippen LogP contribution < -0.4 is 4.74 Å². The first-order valence-corrected chi connectivity index (χ1v) is 7.22. The van der Waals surface area contributed by atoms with Crippen molar-refractivity contribution in [3.8, 4) is 11.5 Å². The number of aryl methyl sites for hydroxylation is 1. The monoisotopic (exact) mass is 309 g/mol. The normalized spacial score (nSPS) is 11.1. The van der Waals surface area contributed by atoms with E-state index in [1.165, 1.54) is 42.5 Å². The first-order valence-electron chi connectivity index (χ1n) is 5.78. The van der Waals surface area contributed by atoms with Crippen molar-refractivity contribution in [1.29, 1.82) is 0 Å². The van der Waals surface area contributed by atoms with Gasteiger partial charge in [0.1, 0.15) is 11.5 Å². The maximum absolute atomic E-state index is 11.1. The van der Waals surface area contributed by atoms with Gasteiger partial charge in [0.2, 0.25) is 0 Å². The molecule has 8 heteroatoms. The Morgan fingerprint density at radius 2 is 1.76 bits per heavy atom. The summed E-state index contributed by atoms with van der Waals surface area (Å²) in [5.41, 5.74) is 0.575. The molecule has 0 heterocycles. The highest BCUT2D eigenvalue weighted by Crippen LogP contribution is 2.28. The van der Waals surface area contributed by atoms with Crippen LogP contribution in [0.1, 0.15) is 5.56 Å². The van der Waals surface area contributed by atoms with Crippen LogP contribution in [0.4, 0.5) is 5.69 Å². The van der Waals surface area contributed by atoms with E-state index in [2.05, 4.69) is 0 Å². The third-order valence-corrected chi connectivity index (χ3v) is 3.58. The van der Waals surface area contributed by atoms with Crippen molar-refractivity contribution < 1.29 is 22.6 Å². The molecule has 0 aliphatic rings. The van der Waals surface area contributed by atoms with Crippen molar-refractivity contribution in [1.82, 2.24) is 0 Å². The van der Waals surface area contributed by atoms with Crippen LogP contribution >= 0.6 is 0 Å². The second-order valence-corrected chi connectivity index (χ2v) is 5.68. The molecule has 1 N–H and O–H groups in total. The smallest absolute Gasteiger partial charge is 0.294 e. The Morgan fingerprint density at radius 3 is 2.29 bits per heavy atom. The highest BCUT2D eigenvalue weighted by molar-refractivity contribution is 7.85. The topological polar surface area (TPSA) is 107 Å². The molecular formula is C13H11NO6S. The molecule has 2 aromatic carbocycles. The van der Waals surface area contributed by atoms with Crippen LogP contribution in [0.15, 0.2) is 47.4 Å². The first kappa shape index (κ1) is 14.9. The van der Waals surface area contributed by atoms with Gasteiger partial charge in [-0.15, -0.1) is 0 Å². The standard InChI is InChI=1S/C13H11NO6S/c1-9-2-7-12(21(17,18)19)8-13(9)20-11-5-3-10(4-6-11)14(15)16/h2-8H,1H3,(H,17,18,19). The Bertz CT molecular complexity index is 783. The van der Waals surface area contributed by atoms with Gasteiger partial charge in [-0.2, -0.15) is 8.42 Å². The predicted octanol–water partition coefficient (Wildman–Crippen LogP) is 2.94. The summed E-state index contributed by atoms with van der Waals surface area (Å²) in [5, 5.41) is 10.5. The molecule has 0 amide bonds. The molecule has 2 aromatic rings. The Balaban J connectivity index is 2.32. The van der Waals surface area contributed by atoms with Gasteiger partial charge < -0.3 is 4.74 Å². The van der Waals surface area contributed by atoms with E-state index >= 15 is 0 Å². The zero-order valence-corrected chi connectivity index (χ0v) is 11.7. The number of hydrogen-bond acceptors (Lipinski definition) is 5. The summed E-state index contributed by atoms with van der Waals surface area (Å²) in [6.45, 7) is 1.70. The average Bonchev–Trinajstić information content (AvgIpc) is 2.40. The number of ether oxygens (including phenoxy) is 1. The van der Waals surface area contributed by atoms with E-state index < -0.39 is 15.0 Å². The minimum Gasteiger partial charge on any atom is -0.457 e. The van der Waals surface area contributed by atoms with Gasteiger partial charge in [-0.25, -0.2) is 0 Å². The first-order chi connectivity index (χ1) is 9.77. The predicted molar refractivity (Wildman–Crippen MR) is 74.2 cm³/mol. The fourth-order valence-electron chi connectivity index (χ4n) is 1.61. The van der Waals surface area contributed by atoms with Crippen LogP contribution in [0.25, 0.3) is 0 Å². The number of hydrogen-bond donors (Lipinski definition) is 1. The number of nitrogens with zero attached hydrogens (tertiary/aromatic N) is 1. The van der Waals surface area contributed by atoms with Crippen LogP contribution in [0.5, 0.6) is 11.5 Å². The van der Waals surface area contributed by atoms with Crippen LogP contribution in [-0.4, -0.2) is 17.9 Å². The Kier molecular flexibility index (Phi) is 3.92. The number of benzene rings is 2. The van der Waals surface area contributed by atoms with E-state index in [1.54, 1.807) is 6.92 Å². The molecule has 0 unspecified atom stereocenters. The summed E-state index contributed by atoms with van der Waals surface area (Å²) in [4.78, 5) is 9.73. The molecule has 110 valence electrons. The van der Waals surface area contributed by atoms with Gasteiger partial charge in [0, 0.05) is 18.2 Å². The van der Waals surface area contributed by atoms with Gasteiger partial charge in [-0.3, -0.25) is 14.7 Å². The molecule has 0 fully saturated rings. The molecule has 0 aromatic heterocycles. The lowest BCUT2D eigenvalue weighted by Crippen LogP contribution is -1.99. The van der Waals surface area contributed by atoms with Crippen molar-refractivity contribution in [2.75, 3.05) is 0 Å². The van der Waals surface area contributed by atoms with Crippen molar-refractivity contribution >= 4 is 15.8 Å². The summed E-state index contributed by atoms with van der Waals surface area (Å²) in [7, 11) is -4.32. The summed E-state index contributed by atoms with van der Waals surface area (Å²) >= 11 is 0. The number of non-ortho nitro benzene ring substituents is 1. The molecule has 0 spiro atoms. The zero-order chi connectivity index (χ0) is 15.6. The van der Waals surface area contributed by atoms with E-state index in [4.69, 9.17) is 9.29 Å². The molecule has 0 aliphatic carbocycles. The van der Waals surface area contributed by atoms with Gasteiger partial charge in [-0.05, 0) is 30.7 Å². The molecule has 2 rings (SSSR count). The Labute approximate surface area is 120 Å². The van der Waals surface area contributed by atoms with E-state index in [9.17, 15) is 18.5 Å². The highest BCUT2D eigenvalue weighted by Gasteiger charge is 2.13. The van der Waals surface area contributed by atoms with Crippen LogP contribution in [0.3, 0.4) is 0 Å². The number of rotatable bonds is 4. The summed E-state index contributed by atoms with van der Waals surface area (Å²) < 4.78 is 36.7. The molecular weight excluding hydrogens is 298 g/mol. The van der Waals surface area contributed by atoms with E-state index in [0.717, 1.165) is 0 Å². The minimum absolute atomic E-state index is 0.0780. The lowest BCUT2D eigenvalue weighted by atomic mass is 10.2. The van der Waals surface area contributed by atoms with Crippen molar-refractivity contribution in [2.45, 2.75) is 11.8 Å². The average molecular weight is 309 g/mol. The van der Waals surface area contributed by atoms with Gasteiger partial charge in [0.15, 0.2) is 0 Å². The SMILES string of the molecule is Cc1ccc(S(=O)(=O)O)cc1Oc1ccc([N+](=O)[O-])cc1. The molecule has 0 saturated heterocycles. The van der Waals surface area contributed by atoms with Crippen LogP contribution in [-0.2, 0) is 10.1 Å². The molecule has 21 heavy (non-hydrogen) atoms. The highest BCUT2D eigenvalue weighted by atomic mass is 32.2. The van der Waals surface area contributed by atoms with Crippen LogP contribution in [0.2, 0.25) is 0 Å². The maximum atomic E-state index is 11.1. The van der Waals surface area contributed by atoms with E-state index in [-0.39, 0.29) is 16.3 Å². The maximum Gasteiger partial charge on any atom is 0.294 e. The van der Waals surface area contributed by atoms with Gasteiger partial charge in [0.25, 0.3) is 15.8 Å². The van der Waals surface area contributed by atoms with Crippen molar-refractivity contribution in [3.63, 3.8) is 0 Å². The second-order valence-electron chi connectivity index (χ2n) is 4.26. The third kappa shape index (κ3) is 3.56. The van der Waals surface area contributed by atoms with E-state index in [0.29, 0.717) is 11.3 Å². The Hall–Kier alpha value is -2.45. The largest absolute Gasteiger partial charge is 0.457 e. The fourth-order valence-corrected chi connectivity index (χ4v) is 2.11. The molecule has 0 aliphatic heterocycles. The fraction of sp³-hybridized carbons (Fsp3) is 0.0769. The number of nitro groups is 1. The quantitative estimate of drug-likeness (QED) is 0.528. The molecule has 7 nitrogen and oxygen atoms in total. The molecule has 0 radical (unpaired) electrons. The number of nitro benzene ring substituents is 1. The summed E-state index contributed by atoms with van der Waals surface area (Å²) in [5.74, 6) is 0.551. The van der Waals surface area contributed by atoms with Gasteiger partial charge in [0.05, 0.1) is 9.82 Å². The van der Waals surface area contributed by atoms with Crippen LogP contribution in [0, 0.1) is 17.0 Å². The van der Waals surface area contributed by atoms with Crippen molar-refractivity contribution in [2.24, 2.45) is 0 Å². The van der Waals surface area contributed by atoms with E-state index in [1.807, 2.05) is 0 Å². The van der Waals surface area contributed by atoms with Crippen molar-refractivity contribution in [3.05, 3.63) is 58.1 Å². The zero-order valence-electron chi connectivity index (χ0n) is 10.9. The lowest BCUT2D eigenvalue weighted by Gasteiger charge is -2.09.